The Hall–Kier alpha value is -3.61. The molecule has 1 amide bonds. The van der Waals surface area contributed by atoms with Gasteiger partial charge in [0, 0.05) is 36.5 Å². The zero-order valence-electron chi connectivity index (χ0n) is 20.8. The molecule has 1 aliphatic heterocycles. The van der Waals surface area contributed by atoms with E-state index in [2.05, 4.69) is 44.1 Å². The lowest BCUT2D eigenvalue weighted by molar-refractivity contribution is -0.116. The SMILES string of the molecule is CC1(C)CCCN1CCC(=O)Nc1cnc2c(N)c(-c3ncc(-c4cnn(CCO)c4)s3)c(=O)[nH]c2c1. The van der Waals surface area contributed by atoms with Gasteiger partial charge in [0.15, 0.2) is 0 Å². The number of hydrogen-bond donors (Lipinski definition) is 4. The number of nitrogens with two attached hydrogens (primary N) is 1. The second-order valence-corrected chi connectivity index (χ2v) is 10.8. The number of amides is 1. The van der Waals surface area contributed by atoms with Crippen LogP contribution in [-0.2, 0) is 11.3 Å². The molecule has 0 saturated carbocycles. The Balaban J connectivity index is 1.34. The van der Waals surface area contributed by atoms with Crippen LogP contribution in [-0.4, -0.2) is 65.9 Å². The number of thiazole rings is 1. The number of aromatic nitrogens is 5. The van der Waals surface area contributed by atoms with Crippen LogP contribution in [0.1, 0.15) is 33.1 Å². The molecule has 5 heterocycles. The quantitative estimate of drug-likeness (QED) is 0.275. The average molecular weight is 523 g/mol. The minimum atomic E-state index is -0.386. The number of nitrogens with zero attached hydrogens (tertiary/aromatic N) is 5. The molecule has 1 aliphatic rings. The van der Waals surface area contributed by atoms with Crippen molar-refractivity contribution in [1.29, 1.82) is 0 Å². The maximum absolute atomic E-state index is 13.0. The predicted octanol–water partition coefficient (Wildman–Crippen LogP) is 2.69. The van der Waals surface area contributed by atoms with Crippen LogP contribution in [0, 0.1) is 0 Å². The molecule has 0 radical (unpaired) electrons. The molecule has 4 aromatic heterocycles. The summed E-state index contributed by atoms with van der Waals surface area (Å²) in [5.41, 5.74) is 8.80. The van der Waals surface area contributed by atoms with E-state index in [0.29, 0.717) is 41.2 Å². The van der Waals surface area contributed by atoms with E-state index < -0.39 is 0 Å². The minimum Gasteiger partial charge on any atom is -0.396 e. The Bertz CT molecular complexity index is 1510. The van der Waals surface area contributed by atoms with Crippen molar-refractivity contribution >= 4 is 39.7 Å². The molecule has 11 nitrogen and oxygen atoms in total. The van der Waals surface area contributed by atoms with Crippen molar-refractivity contribution in [2.75, 3.05) is 30.7 Å². The lowest BCUT2D eigenvalue weighted by Crippen LogP contribution is -2.39. The number of hydrogen-bond acceptors (Lipinski definition) is 9. The maximum atomic E-state index is 13.0. The van der Waals surface area contributed by atoms with Gasteiger partial charge in [-0.3, -0.25) is 24.2 Å². The van der Waals surface area contributed by atoms with Crippen molar-refractivity contribution in [3.63, 3.8) is 0 Å². The van der Waals surface area contributed by atoms with Gasteiger partial charge in [-0.25, -0.2) is 4.98 Å². The first-order valence-corrected chi connectivity index (χ1v) is 13.0. The Morgan fingerprint density at radius 3 is 2.86 bits per heavy atom. The second-order valence-electron chi connectivity index (χ2n) is 9.81. The molecular weight excluding hydrogens is 492 g/mol. The standard InChI is InChI=1S/C25H30N8O3S/c1-25(2)5-3-6-32(25)7-4-19(35)30-16-10-17-22(27-12-16)21(26)20(23(36)31-17)24-28-13-18(37-24)15-11-29-33(14-15)8-9-34/h10-14,34H,3-9H2,1-2H3,(H,30,35)(H3,26,31,36). The zero-order valence-corrected chi connectivity index (χ0v) is 21.6. The van der Waals surface area contributed by atoms with Crippen molar-refractivity contribution in [2.24, 2.45) is 0 Å². The number of aliphatic hydroxyl groups is 1. The number of nitrogen functional groups attached to an aromatic ring is 1. The van der Waals surface area contributed by atoms with E-state index in [-0.39, 0.29) is 34.9 Å². The van der Waals surface area contributed by atoms with Crippen LogP contribution in [0.4, 0.5) is 11.4 Å². The van der Waals surface area contributed by atoms with Gasteiger partial charge in [-0.1, -0.05) is 0 Å². The fourth-order valence-electron chi connectivity index (χ4n) is 4.76. The summed E-state index contributed by atoms with van der Waals surface area (Å²) in [6.07, 6.45) is 9.37. The summed E-state index contributed by atoms with van der Waals surface area (Å²) in [7, 11) is 0. The lowest BCUT2D eigenvalue weighted by Gasteiger charge is -2.31. The molecule has 37 heavy (non-hydrogen) atoms. The molecule has 1 fully saturated rings. The fourth-order valence-corrected chi connectivity index (χ4v) is 5.70. The Morgan fingerprint density at radius 1 is 1.27 bits per heavy atom. The third-order valence-corrected chi connectivity index (χ3v) is 7.88. The number of anilines is 2. The molecule has 0 atom stereocenters. The van der Waals surface area contributed by atoms with Crippen molar-refractivity contribution < 1.29 is 9.90 Å². The number of nitrogens with one attached hydrogen (secondary N) is 2. The summed E-state index contributed by atoms with van der Waals surface area (Å²) in [4.78, 5) is 40.4. The molecule has 0 aromatic carbocycles. The highest BCUT2D eigenvalue weighted by atomic mass is 32.1. The van der Waals surface area contributed by atoms with E-state index in [1.807, 2.05) is 6.20 Å². The van der Waals surface area contributed by atoms with E-state index >= 15 is 0 Å². The number of rotatable bonds is 8. The third-order valence-electron chi connectivity index (χ3n) is 6.82. The molecule has 5 N–H and O–H groups in total. The number of carbonyl (C=O) groups excluding carboxylic acids is 1. The van der Waals surface area contributed by atoms with Crippen molar-refractivity contribution in [1.82, 2.24) is 29.6 Å². The molecule has 12 heteroatoms. The number of aliphatic hydroxyl groups excluding tert-OH is 1. The van der Waals surface area contributed by atoms with Crippen molar-refractivity contribution in [2.45, 2.75) is 45.2 Å². The topological polar surface area (TPSA) is 155 Å². The monoisotopic (exact) mass is 522 g/mol. The molecule has 0 unspecified atom stereocenters. The van der Waals surface area contributed by atoms with Crippen LogP contribution in [0.3, 0.4) is 0 Å². The number of fused-ring (bicyclic) bond motifs is 1. The normalized spacial score (nSPS) is 15.4. The molecule has 0 bridgehead atoms. The number of H-pyrrole nitrogens is 1. The highest BCUT2D eigenvalue weighted by Crippen LogP contribution is 2.35. The van der Waals surface area contributed by atoms with Crippen LogP contribution < -0.4 is 16.6 Å². The van der Waals surface area contributed by atoms with Gasteiger partial charge < -0.3 is 21.1 Å². The minimum absolute atomic E-state index is 0.00654. The van der Waals surface area contributed by atoms with E-state index in [9.17, 15) is 9.59 Å². The van der Waals surface area contributed by atoms with Crippen LogP contribution in [0.15, 0.2) is 35.6 Å². The Morgan fingerprint density at radius 2 is 2.11 bits per heavy atom. The fraction of sp³-hybridized carbons (Fsp3) is 0.400. The van der Waals surface area contributed by atoms with E-state index in [1.54, 1.807) is 29.3 Å². The number of pyridine rings is 2. The smallest absolute Gasteiger partial charge is 0.260 e. The Labute approximate surface area is 217 Å². The molecule has 194 valence electrons. The molecule has 5 rings (SSSR count). The maximum Gasteiger partial charge on any atom is 0.260 e. The molecule has 4 aromatic rings. The first-order chi connectivity index (χ1) is 17.7. The van der Waals surface area contributed by atoms with Gasteiger partial charge in [-0.15, -0.1) is 11.3 Å². The largest absolute Gasteiger partial charge is 0.396 e. The third kappa shape index (κ3) is 5.13. The van der Waals surface area contributed by atoms with Gasteiger partial charge in [0.2, 0.25) is 5.91 Å². The van der Waals surface area contributed by atoms with E-state index in [4.69, 9.17) is 10.8 Å². The van der Waals surface area contributed by atoms with Gasteiger partial charge in [0.1, 0.15) is 16.1 Å². The van der Waals surface area contributed by atoms with Crippen molar-refractivity contribution in [3.8, 4) is 21.0 Å². The van der Waals surface area contributed by atoms with E-state index in [0.717, 1.165) is 29.8 Å². The van der Waals surface area contributed by atoms with Crippen LogP contribution >= 0.6 is 11.3 Å². The molecule has 0 aliphatic carbocycles. The number of aromatic amines is 1. The number of carbonyl (C=O) groups is 1. The number of likely N-dealkylation sites (tertiary alicyclic amines) is 1. The summed E-state index contributed by atoms with van der Waals surface area (Å²) in [5, 5.41) is 16.6. The summed E-state index contributed by atoms with van der Waals surface area (Å²) in [6.45, 7) is 6.51. The Kier molecular flexibility index (Phi) is 6.80. The van der Waals surface area contributed by atoms with Gasteiger partial charge >= 0.3 is 0 Å². The van der Waals surface area contributed by atoms with Crippen LogP contribution in [0.5, 0.6) is 0 Å². The predicted molar refractivity (Wildman–Crippen MR) is 144 cm³/mol. The van der Waals surface area contributed by atoms with Gasteiger partial charge in [0.05, 0.1) is 47.3 Å². The first-order valence-electron chi connectivity index (χ1n) is 12.2. The van der Waals surface area contributed by atoms with Crippen LogP contribution in [0.2, 0.25) is 0 Å². The highest BCUT2D eigenvalue weighted by Gasteiger charge is 2.31. The summed E-state index contributed by atoms with van der Waals surface area (Å²) in [5.74, 6) is -0.103. The summed E-state index contributed by atoms with van der Waals surface area (Å²) in [6, 6.07) is 1.67. The first kappa shape index (κ1) is 25.1. The van der Waals surface area contributed by atoms with Crippen LogP contribution in [0.25, 0.3) is 32.0 Å². The van der Waals surface area contributed by atoms with Crippen molar-refractivity contribution in [3.05, 3.63) is 41.2 Å². The lowest BCUT2D eigenvalue weighted by atomic mass is 10.0. The molecule has 1 saturated heterocycles. The average Bonchev–Trinajstić information content (AvgIpc) is 3.58. The van der Waals surface area contributed by atoms with Gasteiger partial charge in [0.25, 0.3) is 5.56 Å². The zero-order chi connectivity index (χ0) is 26.2. The second kappa shape index (κ2) is 10.0. The van der Waals surface area contributed by atoms with Gasteiger partial charge in [-0.2, -0.15) is 5.10 Å². The van der Waals surface area contributed by atoms with Gasteiger partial charge in [-0.05, 0) is 39.3 Å². The summed E-state index contributed by atoms with van der Waals surface area (Å²) >= 11 is 1.32. The molecule has 0 spiro atoms. The van der Waals surface area contributed by atoms with E-state index in [1.165, 1.54) is 11.3 Å². The summed E-state index contributed by atoms with van der Waals surface area (Å²) < 4.78 is 1.64. The molecular formula is C25H30N8O3S. The highest BCUT2D eigenvalue weighted by molar-refractivity contribution is 7.18.